The number of carbonyl (C=O) groups is 1. The van der Waals surface area contributed by atoms with Gasteiger partial charge in [-0.2, -0.15) is 0 Å². The van der Waals surface area contributed by atoms with Crippen LogP contribution in [-0.4, -0.2) is 63.3 Å². The number of rotatable bonds is 8. The van der Waals surface area contributed by atoms with Crippen molar-refractivity contribution >= 4 is 6.03 Å². The van der Waals surface area contributed by atoms with Gasteiger partial charge in [0.05, 0.1) is 13.2 Å². The molecule has 0 aliphatic carbocycles. The lowest BCUT2D eigenvalue weighted by atomic mass is 10.3. The van der Waals surface area contributed by atoms with Gasteiger partial charge in [0.2, 0.25) is 0 Å². The summed E-state index contributed by atoms with van der Waals surface area (Å²) in [7, 11) is 0. The van der Waals surface area contributed by atoms with Crippen molar-refractivity contribution in [3.63, 3.8) is 0 Å². The Balaban J connectivity index is 2.09. The maximum Gasteiger partial charge on any atom is 0.317 e. The van der Waals surface area contributed by atoms with E-state index in [1.165, 1.54) is 0 Å². The Labute approximate surface area is 115 Å². The highest BCUT2D eigenvalue weighted by molar-refractivity contribution is 5.74. The number of hydrogen-bond acceptors (Lipinski definition) is 4. The Morgan fingerprint density at radius 3 is 2.47 bits per heavy atom. The van der Waals surface area contributed by atoms with E-state index in [0.29, 0.717) is 46.1 Å². The van der Waals surface area contributed by atoms with Gasteiger partial charge in [0.1, 0.15) is 0 Å². The van der Waals surface area contributed by atoms with Crippen molar-refractivity contribution in [1.82, 2.24) is 10.2 Å². The van der Waals surface area contributed by atoms with Gasteiger partial charge in [-0.3, -0.25) is 0 Å². The molecule has 6 nitrogen and oxygen atoms in total. The minimum atomic E-state index is -0.157. The molecular weight excluding hydrogens is 248 g/mol. The van der Waals surface area contributed by atoms with E-state index in [1.54, 1.807) is 4.90 Å². The summed E-state index contributed by atoms with van der Waals surface area (Å²) in [6.45, 7) is 8.44. The van der Waals surface area contributed by atoms with Gasteiger partial charge in [0.15, 0.2) is 6.29 Å². The molecule has 0 saturated carbocycles. The summed E-state index contributed by atoms with van der Waals surface area (Å²) in [6, 6.07) is -0.00679. The predicted octanol–water partition coefficient (Wildman–Crippen LogP) is 1.21. The van der Waals surface area contributed by atoms with Gasteiger partial charge >= 0.3 is 6.03 Å². The third-order valence-electron chi connectivity index (χ3n) is 2.90. The fourth-order valence-corrected chi connectivity index (χ4v) is 1.93. The summed E-state index contributed by atoms with van der Waals surface area (Å²) in [5.74, 6) is 0. The highest BCUT2D eigenvalue weighted by Crippen LogP contribution is 2.04. The molecule has 0 spiro atoms. The molecule has 1 aliphatic heterocycles. The maximum absolute atomic E-state index is 11.8. The first-order valence-corrected chi connectivity index (χ1v) is 7.11. The van der Waals surface area contributed by atoms with Crippen LogP contribution in [0.2, 0.25) is 0 Å². The number of carbonyl (C=O) groups excluding carboxylic acids is 1. The maximum atomic E-state index is 11.8. The predicted molar refractivity (Wildman–Crippen MR) is 72.1 cm³/mol. The van der Waals surface area contributed by atoms with Gasteiger partial charge in [-0.25, -0.2) is 4.79 Å². The molecular formula is C13H26N2O4. The summed E-state index contributed by atoms with van der Waals surface area (Å²) >= 11 is 0. The Kier molecular flexibility index (Phi) is 8.53. The molecule has 0 atom stereocenters. The number of urea groups is 1. The van der Waals surface area contributed by atoms with Crippen molar-refractivity contribution in [3.8, 4) is 0 Å². The van der Waals surface area contributed by atoms with E-state index in [-0.39, 0.29) is 12.3 Å². The average molecular weight is 274 g/mol. The van der Waals surface area contributed by atoms with Crippen molar-refractivity contribution in [2.24, 2.45) is 0 Å². The molecule has 1 saturated heterocycles. The average Bonchev–Trinajstić information content (AvgIpc) is 2.44. The van der Waals surface area contributed by atoms with Gasteiger partial charge in [-0.1, -0.05) is 0 Å². The number of ether oxygens (including phenoxy) is 3. The molecule has 0 aromatic carbocycles. The lowest BCUT2D eigenvalue weighted by Crippen LogP contribution is -2.46. The molecule has 1 N–H and O–H groups in total. The topological polar surface area (TPSA) is 60.0 Å². The second-order valence-corrected chi connectivity index (χ2v) is 4.31. The quantitative estimate of drug-likeness (QED) is 0.534. The first-order chi connectivity index (χ1) is 9.27. The fraction of sp³-hybridized carbons (Fsp3) is 0.923. The fourth-order valence-electron chi connectivity index (χ4n) is 1.93. The zero-order valence-corrected chi connectivity index (χ0v) is 12.0. The van der Waals surface area contributed by atoms with E-state index in [0.717, 1.165) is 12.8 Å². The van der Waals surface area contributed by atoms with Crippen LogP contribution in [0.25, 0.3) is 0 Å². The molecule has 0 aromatic heterocycles. The number of hydrogen-bond donors (Lipinski definition) is 1. The zero-order chi connectivity index (χ0) is 13.9. The molecule has 1 aliphatic rings. The molecule has 1 rings (SSSR count). The SMILES string of the molecule is CCOC(CCCNC(=O)N1CCOCC1)OCC. The van der Waals surface area contributed by atoms with Crippen molar-refractivity contribution in [1.29, 1.82) is 0 Å². The van der Waals surface area contributed by atoms with Crippen LogP contribution in [0.15, 0.2) is 0 Å². The van der Waals surface area contributed by atoms with Crippen molar-refractivity contribution in [2.45, 2.75) is 33.0 Å². The molecule has 1 heterocycles. The first-order valence-electron chi connectivity index (χ1n) is 7.11. The van der Waals surface area contributed by atoms with Gasteiger partial charge in [-0.15, -0.1) is 0 Å². The zero-order valence-electron chi connectivity index (χ0n) is 12.0. The van der Waals surface area contributed by atoms with E-state index < -0.39 is 0 Å². The molecule has 0 unspecified atom stereocenters. The minimum absolute atomic E-state index is 0.00679. The van der Waals surface area contributed by atoms with E-state index in [9.17, 15) is 4.79 Å². The monoisotopic (exact) mass is 274 g/mol. The van der Waals surface area contributed by atoms with Crippen molar-refractivity contribution < 1.29 is 19.0 Å². The smallest absolute Gasteiger partial charge is 0.317 e. The summed E-state index contributed by atoms with van der Waals surface area (Å²) in [6.07, 6.45) is 1.49. The Bertz CT molecular complexity index is 239. The Hall–Kier alpha value is -0.850. The van der Waals surface area contributed by atoms with Gasteiger partial charge in [0.25, 0.3) is 0 Å². The Morgan fingerprint density at radius 1 is 1.26 bits per heavy atom. The van der Waals surface area contributed by atoms with Crippen LogP contribution in [0.4, 0.5) is 4.79 Å². The largest absolute Gasteiger partial charge is 0.378 e. The second kappa shape index (κ2) is 10.00. The van der Waals surface area contributed by atoms with Crippen LogP contribution in [0.1, 0.15) is 26.7 Å². The number of amides is 2. The summed E-state index contributed by atoms with van der Waals surface area (Å²) in [4.78, 5) is 13.6. The van der Waals surface area contributed by atoms with Crippen LogP contribution < -0.4 is 5.32 Å². The molecule has 0 aromatic rings. The number of nitrogens with zero attached hydrogens (tertiary/aromatic N) is 1. The summed E-state index contributed by atoms with van der Waals surface area (Å²) in [5.41, 5.74) is 0. The summed E-state index contributed by atoms with van der Waals surface area (Å²) < 4.78 is 16.1. The van der Waals surface area contributed by atoms with Crippen LogP contribution in [0.5, 0.6) is 0 Å². The van der Waals surface area contributed by atoms with Crippen molar-refractivity contribution in [3.05, 3.63) is 0 Å². The van der Waals surface area contributed by atoms with Crippen LogP contribution >= 0.6 is 0 Å². The number of nitrogens with one attached hydrogen (secondary N) is 1. The first kappa shape index (κ1) is 16.2. The summed E-state index contributed by atoms with van der Waals surface area (Å²) in [5, 5.41) is 2.91. The highest BCUT2D eigenvalue weighted by atomic mass is 16.7. The standard InChI is InChI=1S/C13H26N2O4/c1-3-18-12(19-4-2)6-5-7-14-13(16)15-8-10-17-11-9-15/h12H,3-11H2,1-2H3,(H,14,16). The van der Waals surface area contributed by atoms with E-state index in [1.807, 2.05) is 13.8 Å². The van der Waals surface area contributed by atoms with E-state index in [2.05, 4.69) is 5.32 Å². The van der Waals surface area contributed by atoms with Crippen LogP contribution in [0.3, 0.4) is 0 Å². The van der Waals surface area contributed by atoms with Crippen molar-refractivity contribution in [2.75, 3.05) is 46.1 Å². The van der Waals surface area contributed by atoms with Gasteiger partial charge in [0, 0.05) is 39.3 Å². The highest BCUT2D eigenvalue weighted by Gasteiger charge is 2.16. The second-order valence-electron chi connectivity index (χ2n) is 4.31. The molecule has 19 heavy (non-hydrogen) atoms. The molecule has 2 amide bonds. The minimum Gasteiger partial charge on any atom is -0.378 e. The third kappa shape index (κ3) is 6.75. The van der Waals surface area contributed by atoms with Gasteiger partial charge in [-0.05, 0) is 20.3 Å². The molecule has 112 valence electrons. The lowest BCUT2D eigenvalue weighted by molar-refractivity contribution is -0.139. The van der Waals surface area contributed by atoms with Crippen LogP contribution in [0, 0.1) is 0 Å². The lowest BCUT2D eigenvalue weighted by Gasteiger charge is -2.27. The molecule has 6 heteroatoms. The molecule has 0 bridgehead atoms. The van der Waals surface area contributed by atoms with Gasteiger partial charge < -0.3 is 24.4 Å². The van der Waals surface area contributed by atoms with Crippen LogP contribution in [-0.2, 0) is 14.2 Å². The number of morpholine rings is 1. The van der Waals surface area contributed by atoms with E-state index in [4.69, 9.17) is 14.2 Å². The molecule has 0 radical (unpaired) electrons. The van der Waals surface area contributed by atoms with E-state index >= 15 is 0 Å². The normalized spacial score (nSPS) is 15.8. The Morgan fingerprint density at radius 2 is 1.89 bits per heavy atom. The third-order valence-corrected chi connectivity index (χ3v) is 2.90. The molecule has 1 fully saturated rings.